The third-order valence-corrected chi connectivity index (χ3v) is 2.99. The van der Waals surface area contributed by atoms with E-state index >= 15 is 0 Å². The van der Waals surface area contributed by atoms with E-state index in [4.69, 9.17) is 11.6 Å². The van der Waals surface area contributed by atoms with Gasteiger partial charge in [0, 0.05) is 31.7 Å². The highest BCUT2D eigenvalue weighted by Gasteiger charge is 2.25. The van der Waals surface area contributed by atoms with Crippen molar-refractivity contribution in [3.8, 4) is 0 Å². The van der Waals surface area contributed by atoms with Crippen molar-refractivity contribution in [1.29, 1.82) is 0 Å². The van der Waals surface area contributed by atoms with E-state index in [0.29, 0.717) is 19.6 Å². The van der Waals surface area contributed by atoms with E-state index in [2.05, 4.69) is 20.6 Å². The Labute approximate surface area is 116 Å². The largest absolute Gasteiger partial charge is 0.391 e. The fourth-order valence-corrected chi connectivity index (χ4v) is 1.91. The highest BCUT2D eigenvalue weighted by atomic mass is 35.5. The van der Waals surface area contributed by atoms with Gasteiger partial charge in [-0.2, -0.15) is 0 Å². The number of carbonyl (C=O) groups excluding carboxylic acids is 1. The molecule has 1 saturated heterocycles. The van der Waals surface area contributed by atoms with Crippen LogP contribution in [0.15, 0.2) is 12.5 Å². The number of hydrogen-bond donors (Lipinski definition) is 3. The fraction of sp³-hybridized carbons (Fsp3) is 0.500. The molecule has 3 N–H and O–H groups in total. The highest BCUT2D eigenvalue weighted by Crippen LogP contribution is 2.11. The molecule has 18 heavy (non-hydrogen) atoms. The summed E-state index contributed by atoms with van der Waals surface area (Å²) in [5.41, 5.74) is 0.155. The van der Waals surface area contributed by atoms with E-state index in [0.717, 1.165) is 0 Å². The molecule has 0 bridgehead atoms. The zero-order valence-electron chi connectivity index (χ0n) is 9.47. The predicted octanol–water partition coefficient (Wildman–Crippen LogP) is -0.138. The molecule has 0 spiro atoms. The normalized spacial score (nSPS) is 22.3. The Morgan fingerprint density at radius 3 is 3.00 bits per heavy atom. The number of β-amino-alcohol motifs (C(OH)–C–C–N with tert-alkyl or cyclic N) is 1. The average molecular weight is 293 g/mol. The van der Waals surface area contributed by atoms with Crippen LogP contribution in [0.25, 0.3) is 0 Å². The number of aliphatic hydroxyl groups is 1. The second kappa shape index (κ2) is 6.84. The maximum Gasteiger partial charge on any atom is 0.271 e. The van der Waals surface area contributed by atoms with E-state index in [-0.39, 0.29) is 34.9 Å². The molecule has 1 fully saturated rings. The van der Waals surface area contributed by atoms with Crippen LogP contribution in [-0.2, 0) is 0 Å². The molecule has 2 heterocycles. The molecule has 100 valence electrons. The van der Waals surface area contributed by atoms with Gasteiger partial charge in [-0.15, -0.1) is 12.4 Å². The van der Waals surface area contributed by atoms with Crippen molar-refractivity contribution >= 4 is 29.9 Å². The van der Waals surface area contributed by atoms with Crippen molar-refractivity contribution < 1.29 is 9.90 Å². The lowest BCUT2D eigenvalue weighted by Gasteiger charge is -2.13. The standard InChI is InChI=1S/C10H13ClN4O2.ClH/c11-7-3-13-5-15-9(7)10(17)14-2-6-1-12-4-8(6)16;/h3,5-6,8,12,16H,1-2,4H2,(H,14,17);1H. The SMILES string of the molecule is Cl.O=C(NCC1CNCC1O)c1ncncc1Cl. The van der Waals surface area contributed by atoms with Gasteiger partial charge in [-0.25, -0.2) is 9.97 Å². The van der Waals surface area contributed by atoms with Crippen LogP contribution in [-0.4, -0.2) is 46.7 Å². The maximum absolute atomic E-state index is 11.7. The van der Waals surface area contributed by atoms with Gasteiger partial charge in [0.15, 0.2) is 0 Å². The molecule has 2 rings (SSSR count). The average Bonchev–Trinajstić information content (AvgIpc) is 2.72. The molecule has 1 aromatic rings. The van der Waals surface area contributed by atoms with Gasteiger partial charge in [0.1, 0.15) is 12.0 Å². The summed E-state index contributed by atoms with van der Waals surface area (Å²) >= 11 is 5.80. The van der Waals surface area contributed by atoms with Gasteiger partial charge in [0.2, 0.25) is 0 Å². The van der Waals surface area contributed by atoms with E-state index in [1.807, 2.05) is 0 Å². The first-order chi connectivity index (χ1) is 8.18. The summed E-state index contributed by atoms with van der Waals surface area (Å²) < 4.78 is 0. The summed E-state index contributed by atoms with van der Waals surface area (Å²) in [7, 11) is 0. The molecule has 0 aromatic carbocycles. The maximum atomic E-state index is 11.7. The van der Waals surface area contributed by atoms with Gasteiger partial charge in [-0.05, 0) is 0 Å². The predicted molar refractivity (Wildman–Crippen MR) is 69.0 cm³/mol. The first-order valence-corrected chi connectivity index (χ1v) is 5.68. The molecule has 0 radical (unpaired) electrons. The topological polar surface area (TPSA) is 87.1 Å². The Morgan fingerprint density at radius 1 is 1.61 bits per heavy atom. The van der Waals surface area contributed by atoms with Crippen LogP contribution < -0.4 is 10.6 Å². The molecule has 1 aromatic heterocycles. The van der Waals surface area contributed by atoms with E-state index in [1.165, 1.54) is 12.5 Å². The summed E-state index contributed by atoms with van der Waals surface area (Å²) in [6.07, 6.45) is 2.22. The fourth-order valence-electron chi connectivity index (χ4n) is 1.71. The number of carbonyl (C=O) groups is 1. The summed E-state index contributed by atoms with van der Waals surface area (Å²) in [4.78, 5) is 19.3. The summed E-state index contributed by atoms with van der Waals surface area (Å²) in [6.45, 7) is 1.65. The summed E-state index contributed by atoms with van der Waals surface area (Å²) in [5, 5.41) is 15.5. The first kappa shape index (κ1) is 15.1. The van der Waals surface area contributed by atoms with Crippen molar-refractivity contribution in [1.82, 2.24) is 20.6 Å². The minimum Gasteiger partial charge on any atom is -0.391 e. The minimum atomic E-state index is -0.420. The van der Waals surface area contributed by atoms with Crippen LogP contribution in [0, 0.1) is 5.92 Å². The van der Waals surface area contributed by atoms with Crippen molar-refractivity contribution in [2.45, 2.75) is 6.10 Å². The number of aliphatic hydroxyl groups excluding tert-OH is 1. The molecule has 6 nitrogen and oxygen atoms in total. The van der Waals surface area contributed by atoms with Crippen LogP contribution >= 0.6 is 24.0 Å². The molecule has 2 atom stereocenters. The number of hydrogen-bond acceptors (Lipinski definition) is 5. The van der Waals surface area contributed by atoms with E-state index < -0.39 is 6.10 Å². The van der Waals surface area contributed by atoms with Gasteiger partial charge in [0.05, 0.1) is 11.1 Å². The third kappa shape index (κ3) is 3.52. The van der Waals surface area contributed by atoms with Gasteiger partial charge < -0.3 is 15.7 Å². The molecule has 1 aliphatic rings. The monoisotopic (exact) mass is 292 g/mol. The lowest BCUT2D eigenvalue weighted by molar-refractivity contribution is 0.0922. The smallest absolute Gasteiger partial charge is 0.271 e. The molecule has 0 saturated carbocycles. The van der Waals surface area contributed by atoms with Crippen LogP contribution in [0.5, 0.6) is 0 Å². The van der Waals surface area contributed by atoms with Crippen molar-refractivity contribution in [2.24, 2.45) is 5.92 Å². The second-order valence-corrected chi connectivity index (χ2v) is 4.32. The molecule has 1 amide bonds. The minimum absolute atomic E-state index is 0. The lowest BCUT2D eigenvalue weighted by Crippen LogP contribution is -2.34. The summed E-state index contributed by atoms with van der Waals surface area (Å²) in [5.74, 6) is -0.323. The number of aromatic nitrogens is 2. The lowest BCUT2D eigenvalue weighted by atomic mass is 10.1. The van der Waals surface area contributed by atoms with Crippen LogP contribution in [0.1, 0.15) is 10.5 Å². The zero-order chi connectivity index (χ0) is 12.3. The summed E-state index contributed by atoms with van der Waals surface area (Å²) in [6, 6.07) is 0. The van der Waals surface area contributed by atoms with Crippen LogP contribution in [0.3, 0.4) is 0 Å². The Balaban J connectivity index is 0.00000162. The molecule has 1 aliphatic heterocycles. The number of rotatable bonds is 3. The zero-order valence-corrected chi connectivity index (χ0v) is 11.0. The first-order valence-electron chi connectivity index (χ1n) is 5.31. The number of amides is 1. The number of nitrogens with one attached hydrogen (secondary N) is 2. The number of nitrogens with zero attached hydrogens (tertiary/aromatic N) is 2. The van der Waals surface area contributed by atoms with Crippen LogP contribution in [0.4, 0.5) is 0 Å². The third-order valence-electron chi connectivity index (χ3n) is 2.71. The van der Waals surface area contributed by atoms with Gasteiger partial charge in [-0.3, -0.25) is 4.79 Å². The van der Waals surface area contributed by atoms with Crippen molar-refractivity contribution in [3.05, 3.63) is 23.2 Å². The molecule has 0 aliphatic carbocycles. The Hall–Kier alpha value is -0.950. The van der Waals surface area contributed by atoms with Gasteiger partial charge in [-0.1, -0.05) is 11.6 Å². The van der Waals surface area contributed by atoms with Gasteiger partial charge >= 0.3 is 0 Å². The Morgan fingerprint density at radius 2 is 2.39 bits per heavy atom. The van der Waals surface area contributed by atoms with Crippen LogP contribution in [0.2, 0.25) is 5.02 Å². The Bertz CT molecular complexity index is 419. The highest BCUT2D eigenvalue weighted by molar-refractivity contribution is 6.33. The van der Waals surface area contributed by atoms with Gasteiger partial charge in [0.25, 0.3) is 5.91 Å². The van der Waals surface area contributed by atoms with Crippen molar-refractivity contribution in [2.75, 3.05) is 19.6 Å². The number of halogens is 2. The molecular weight excluding hydrogens is 279 g/mol. The molecule has 2 unspecified atom stereocenters. The van der Waals surface area contributed by atoms with E-state index in [9.17, 15) is 9.90 Å². The second-order valence-electron chi connectivity index (χ2n) is 3.91. The molecule has 8 heteroatoms. The quantitative estimate of drug-likeness (QED) is 0.722. The van der Waals surface area contributed by atoms with Crippen molar-refractivity contribution in [3.63, 3.8) is 0 Å². The molecular formula is C10H14Cl2N4O2. The Kier molecular flexibility index (Phi) is 5.74. The van der Waals surface area contributed by atoms with E-state index in [1.54, 1.807) is 0 Å².